The van der Waals surface area contributed by atoms with Gasteiger partial charge in [0.15, 0.2) is 0 Å². The number of likely N-dealkylation sites (tertiary alicyclic amines) is 1. The van der Waals surface area contributed by atoms with Gasteiger partial charge in [0.2, 0.25) is 5.91 Å². The quantitative estimate of drug-likeness (QED) is 0.771. The van der Waals surface area contributed by atoms with E-state index in [1.54, 1.807) is 4.90 Å². The molecule has 0 aromatic carbocycles. The molecule has 1 unspecified atom stereocenters. The number of nitrogens with zero attached hydrogens (tertiary/aromatic N) is 2. The van der Waals surface area contributed by atoms with Crippen LogP contribution in [0.25, 0.3) is 0 Å². The number of hydrogen-bond donors (Lipinski definition) is 1. The Labute approximate surface area is 109 Å². The van der Waals surface area contributed by atoms with Crippen LogP contribution in [-0.4, -0.2) is 60.0 Å². The third-order valence-electron chi connectivity index (χ3n) is 3.63. The summed E-state index contributed by atoms with van der Waals surface area (Å²) < 4.78 is 0. The maximum atomic E-state index is 11.8. The van der Waals surface area contributed by atoms with Gasteiger partial charge in [-0.05, 0) is 38.6 Å². The Morgan fingerprint density at radius 3 is 2.78 bits per heavy atom. The van der Waals surface area contributed by atoms with E-state index in [-0.39, 0.29) is 12.3 Å². The largest absolute Gasteiger partial charge is 0.481 e. The van der Waals surface area contributed by atoms with Crippen LogP contribution in [0, 0.1) is 5.92 Å². The number of hydrogen-bond acceptors (Lipinski definition) is 3. The Bertz CT molecular complexity index is 294. The molecule has 0 bridgehead atoms. The normalized spacial score (nSPS) is 20.7. The molecule has 18 heavy (non-hydrogen) atoms. The van der Waals surface area contributed by atoms with Gasteiger partial charge in [-0.25, -0.2) is 0 Å². The van der Waals surface area contributed by atoms with E-state index in [1.807, 2.05) is 14.0 Å². The van der Waals surface area contributed by atoms with E-state index in [0.29, 0.717) is 12.5 Å². The smallest absolute Gasteiger partial charge is 0.303 e. The number of carbonyl (C=O) groups excluding carboxylic acids is 1. The van der Waals surface area contributed by atoms with E-state index < -0.39 is 5.97 Å². The molecule has 0 spiro atoms. The molecular weight excluding hydrogens is 232 g/mol. The molecule has 1 amide bonds. The van der Waals surface area contributed by atoms with E-state index in [9.17, 15) is 9.59 Å². The van der Waals surface area contributed by atoms with Gasteiger partial charge in [-0.2, -0.15) is 0 Å². The zero-order chi connectivity index (χ0) is 13.5. The van der Waals surface area contributed by atoms with Crippen molar-refractivity contribution >= 4 is 11.9 Å². The van der Waals surface area contributed by atoms with E-state index in [1.165, 1.54) is 0 Å². The number of likely N-dealkylation sites (N-methyl/N-ethyl adjacent to an activating group) is 1. The molecule has 1 heterocycles. The van der Waals surface area contributed by atoms with Gasteiger partial charge in [0.1, 0.15) is 0 Å². The molecule has 0 aromatic rings. The number of carboxylic acid groups (broad SMARTS) is 1. The van der Waals surface area contributed by atoms with Gasteiger partial charge >= 0.3 is 5.97 Å². The molecule has 5 nitrogen and oxygen atoms in total. The summed E-state index contributed by atoms with van der Waals surface area (Å²) in [4.78, 5) is 26.2. The van der Waals surface area contributed by atoms with Gasteiger partial charge in [0, 0.05) is 26.6 Å². The Morgan fingerprint density at radius 1 is 1.44 bits per heavy atom. The second-order valence-electron chi connectivity index (χ2n) is 5.08. The number of aliphatic carboxylic acids is 1. The van der Waals surface area contributed by atoms with Crippen LogP contribution in [-0.2, 0) is 9.59 Å². The maximum absolute atomic E-state index is 11.8. The van der Waals surface area contributed by atoms with Crippen LogP contribution in [0.3, 0.4) is 0 Å². The van der Waals surface area contributed by atoms with Gasteiger partial charge in [0.25, 0.3) is 0 Å². The summed E-state index contributed by atoms with van der Waals surface area (Å²) in [5.41, 5.74) is 0. The fraction of sp³-hybridized carbons (Fsp3) is 0.846. The standard InChI is InChI=1S/C13H24N2O3/c1-3-14(2)12(16)10-15-8-4-5-11(9-15)6-7-13(17)18/h11H,3-10H2,1-2H3,(H,17,18). The molecule has 1 atom stereocenters. The van der Waals surface area contributed by atoms with Crippen LogP contribution < -0.4 is 0 Å². The third kappa shape index (κ3) is 5.04. The molecule has 1 fully saturated rings. The molecule has 1 saturated heterocycles. The minimum atomic E-state index is -0.728. The number of amides is 1. The van der Waals surface area contributed by atoms with E-state index in [4.69, 9.17) is 5.11 Å². The molecule has 0 radical (unpaired) electrons. The first-order valence-electron chi connectivity index (χ1n) is 6.71. The summed E-state index contributed by atoms with van der Waals surface area (Å²) >= 11 is 0. The van der Waals surface area contributed by atoms with Crippen molar-refractivity contribution < 1.29 is 14.7 Å². The lowest BCUT2D eigenvalue weighted by Gasteiger charge is -2.33. The van der Waals surface area contributed by atoms with E-state index in [0.717, 1.165) is 38.9 Å². The lowest BCUT2D eigenvalue weighted by Crippen LogP contribution is -2.43. The molecule has 104 valence electrons. The maximum Gasteiger partial charge on any atom is 0.303 e. The van der Waals surface area contributed by atoms with Crippen LogP contribution in [0.5, 0.6) is 0 Å². The summed E-state index contributed by atoms with van der Waals surface area (Å²) in [5.74, 6) is -0.153. The van der Waals surface area contributed by atoms with Crippen molar-refractivity contribution in [3.63, 3.8) is 0 Å². The van der Waals surface area contributed by atoms with Crippen LogP contribution in [0.1, 0.15) is 32.6 Å². The second kappa shape index (κ2) is 7.36. The summed E-state index contributed by atoms with van der Waals surface area (Å²) in [5, 5.41) is 8.69. The zero-order valence-electron chi connectivity index (χ0n) is 11.4. The van der Waals surface area contributed by atoms with Crippen LogP contribution in [0.15, 0.2) is 0 Å². The van der Waals surface area contributed by atoms with Crippen molar-refractivity contribution in [2.45, 2.75) is 32.6 Å². The van der Waals surface area contributed by atoms with Gasteiger partial charge < -0.3 is 10.0 Å². The molecule has 1 aliphatic heterocycles. The summed E-state index contributed by atoms with van der Waals surface area (Å²) in [7, 11) is 1.81. The third-order valence-corrected chi connectivity index (χ3v) is 3.63. The highest BCUT2D eigenvalue weighted by Crippen LogP contribution is 2.20. The average molecular weight is 256 g/mol. The lowest BCUT2D eigenvalue weighted by molar-refractivity contribution is -0.137. The fourth-order valence-corrected chi connectivity index (χ4v) is 2.35. The number of carboxylic acids is 1. The molecule has 1 aliphatic rings. The van der Waals surface area contributed by atoms with Crippen LogP contribution >= 0.6 is 0 Å². The molecular formula is C13H24N2O3. The highest BCUT2D eigenvalue weighted by atomic mass is 16.4. The number of rotatable bonds is 6. The number of carbonyl (C=O) groups is 2. The topological polar surface area (TPSA) is 60.9 Å². The fourth-order valence-electron chi connectivity index (χ4n) is 2.35. The van der Waals surface area contributed by atoms with Crippen molar-refractivity contribution in [1.82, 2.24) is 9.80 Å². The van der Waals surface area contributed by atoms with Crippen molar-refractivity contribution in [1.29, 1.82) is 0 Å². The van der Waals surface area contributed by atoms with E-state index >= 15 is 0 Å². The zero-order valence-corrected chi connectivity index (χ0v) is 11.4. The summed E-state index contributed by atoms with van der Waals surface area (Å²) in [6, 6.07) is 0. The van der Waals surface area contributed by atoms with Crippen molar-refractivity contribution in [2.75, 3.05) is 33.2 Å². The summed E-state index contributed by atoms with van der Waals surface area (Å²) in [6.07, 6.45) is 3.11. The highest BCUT2D eigenvalue weighted by Gasteiger charge is 2.22. The molecule has 0 saturated carbocycles. The molecule has 1 rings (SSSR count). The molecule has 5 heteroatoms. The van der Waals surface area contributed by atoms with E-state index in [2.05, 4.69) is 4.90 Å². The first-order chi connectivity index (χ1) is 8.52. The van der Waals surface area contributed by atoms with Crippen molar-refractivity contribution in [2.24, 2.45) is 5.92 Å². The molecule has 0 aromatic heterocycles. The monoisotopic (exact) mass is 256 g/mol. The van der Waals surface area contributed by atoms with Crippen molar-refractivity contribution in [3.8, 4) is 0 Å². The second-order valence-corrected chi connectivity index (χ2v) is 5.08. The van der Waals surface area contributed by atoms with Crippen LogP contribution in [0.4, 0.5) is 0 Å². The van der Waals surface area contributed by atoms with Gasteiger partial charge in [-0.15, -0.1) is 0 Å². The van der Waals surface area contributed by atoms with Gasteiger partial charge in [0.05, 0.1) is 6.54 Å². The first kappa shape index (κ1) is 15.0. The Kier molecular flexibility index (Phi) is 6.12. The number of piperidine rings is 1. The minimum absolute atomic E-state index is 0.149. The highest BCUT2D eigenvalue weighted by molar-refractivity contribution is 5.77. The predicted octanol–water partition coefficient (Wildman–Crippen LogP) is 1.04. The predicted molar refractivity (Wildman–Crippen MR) is 69.3 cm³/mol. The van der Waals surface area contributed by atoms with Gasteiger partial charge in [-0.1, -0.05) is 0 Å². The van der Waals surface area contributed by atoms with Gasteiger partial charge in [-0.3, -0.25) is 14.5 Å². The van der Waals surface area contributed by atoms with Crippen molar-refractivity contribution in [3.05, 3.63) is 0 Å². The molecule has 1 N–H and O–H groups in total. The van der Waals surface area contributed by atoms with Crippen LogP contribution in [0.2, 0.25) is 0 Å². The lowest BCUT2D eigenvalue weighted by atomic mass is 9.93. The first-order valence-corrected chi connectivity index (χ1v) is 6.71. The average Bonchev–Trinajstić information content (AvgIpc) is 2.35. The summed E-state index contributed by atoms with van der Waals surface area (Å²) in [6.45, 7) is 4.97. The Morgan fingerprint density at radius 2 is 2.17 bits per heavy atom. The SMILES string of the molecule is CCN(C)C(=O)CN1CCCC(CCC(=O)O)C1. The Balaban J connectivity index is 2.34. The minimum Gasteiger partial charge on any atom is -0.481 e. The Hall–Kier alpha value is -1.10. The molecule has 0 aliphatic carbocycles.